The Bertz CT molecular complexity index is 796. The SMILES string of the molecule is NC12CC(C(=O)N3CCC(O)(CC4CC=NN4c4ccc(F)cc4)CC3)(C1)C2. The number of hydrogen-bond acceptors (Lipinski definition) is 5. The van der Waals surface area contributed by atoms with Crippen LogP contribution >= 0.6 is 0 Å². The topological polar surface area (TPSA) is 82.2 Å². The third-order valence-corrected chi connectivity index (χ3v) is 7.14. The average Bonchev–Trinajstić information content (AvgIpc) is 3.06. The molecule has 7 heteroatoms. The molecule has 28 heavy (non-hydrogen) atoms. The maximum atomic E-state index is 13.2. The van der Waals surface area contributed by atoms with Crippen LogP contribution in [0.25, 0.3) is 0 Å². The summed E-state index contributed by atoms with van der Waals surface area (Å²) >= 11 is 0. The number of halogens is 1. The van der Waals surface area contributed by atoms with Crippen molar-refractivity contribution in [2.24, 2.45) is 16.3 Å². The maximum absolute atomic E-state index is 13.2. The monoisotopic (exact) mass is 386 g/mol. The lowest BCUT2D eigenvalue weighted by molar-refractivity contribution is -0.187. The summed E-state index contributed by atoms with van der Waals surface area (Å²) in [7, 11) is 0. The van der Waals surface area contributed by atoms with E-state index in [0.29, 0.717) is 32.4 Å². The van der Waals surface area contributed by atoms with Gasteiger partial charge < -0.3 is 15.7 Å². The van der Waals surface area contributed by atoms with Crippen LogP contribution in [0.1, 0.15) is 44.9 Å². The van der Waals surface area contributed by atoms with Crippen molar-refractivity contribution in [3.63, 3.8) is 0 Å². The lowest BCUT2D eigenvalue weighted by Gasteiger charge is -2.68. The van der Waals surface area contributed by atoms with Crippen LogP contribution in [0.2, 0.25) is 0 Å². The van der Waals surface area contributed by atoms with E-state index in [4.69, 9.17) is 5.73 Å². The highest BCUT2D eigenvalue weighted by Crippen LogP contribution is 2.66. The Hall–Kier alpha value is -1.99. The van der Waals surface area contributed by atoms with Crippen LogP contribution < -0.4 is 10.7 Å². The Morgan fingerprint density at radius 1 is 1.21 bits per heavy atom. The average molecular weight is 386 g/mol. The summed E-state index contributed by atoms with van der Waals surface area (Å²) in [6.45, 7) is 1.19. The summed E-state index contributed by atoms with van der Waals surface area (Å²) in [5, 5.41) is 17.5. The molecular weight excluding hydrogens is 359 g/mol. The van der Waals surface area contributed by atoms with Crippen LogP contribution in [0.5, 0.6) is 0 Å². The number of carbonyl (C=O) groups is 1. The lowest BCUT2D eigenvalue weighted by atomic mass is 9.39. The fraction of sp³-hybridized carbons (Fsp3) is 0.619. The minimum Gasteiger partial charge on any atom is -0.390 e. The van der Waals surface area contributed by atoms with Gasteiger partial charge in [-0.2, -0.15) is 5.10 Å². The molecule has 1 atom stereocenters. The molecule has 3 N–H and O–H groups in total. The van der Waals surface area contributed by atoms with Gasteiger partial charge in [-0.05, 0) is 62.8 Å². The Kier molecular flexibility index (Phi) is 3.87. The molecule has 6 nitrogen and oxygen atoms in total. The molecule has 3 aliphatic carbocycles. The van der Waals surface area contributed by atoms with Crippen molar-refractivity contribution < 1.29 is 14.3 Å². The maximum Gasteiger partial charge on any atom is 0.229 e. The number of aliphatic hydroxyl groups is 1. The molecule has 1 amide bonds. The number of piperidine rings is 1. The molecule has 150 valence electrons. The molecule has 1 aromatic carbocycles. The fourth-order valence-electron chi connectivity index (χ4n) is 5.69. The summed E-state index contributed by atoms with van der Waals surface area (Å²) in [5.41, 5.74) is 5.86. The van der Waals surface area contributed by atoms with Gasteiger partial charge >= 0.3 is 0 Å². The number of carbonyl (C=O) groups excluding carboxylic acids is 1. The number of nitrogens with two attached hydrogens (primary N) is 1. The zero-order valence-corrected chi connectivity index (χ0v) is 16.0. The van der Waals surface area contributed by atoms with Crippen LogP contribution in [-0.4, -0.2) is 52.4 Å². The standard InChI is InChI=1S/C21H27FN4O2/c22-15-1-3-16(4-2-15)26-17(5-8-24-26)11-21(28)6-9-25(10-7-21)18(27)19-12-20(23,13-19)14-19/h1-4,8,17,28H,5-7,9-14,23H2. The van der Waals surface area contributed by atoms with E-state index in [-0.39, 0.29) is 28.7 Å². The Morgan fingerprint density at radius 3 is 2.46 bits per heavy atom. The van der Waals surface area contributed by atoms with E-state index in [1.165, 1.54) is 12.1 Å². The third-order valence-electron chi connectivity index (χ3n) is 7.14. The zero-order valence-electron chi connectivity index (χ0n) is 16.0. The number of hydrogen-bond donors (Lipinski definition) is 2. The highest BCUT2D eigenvalue weighted by molar-refractivity contribution is 5.87. The second-order valence-electron chi connectivity index (χ2n) is 9.40. The summed E-state index contributed by atoms with van der Waals surface area (Å²) < 4.78 is 13.2. The molecule has 0 aromatic heterocycles. The normalized spacial score (nSPS) is 35.5. The van der Waals surface area contributed by atoms with E-state index < -0.39 is 5.60 Å². The lowest BCUT2D eigenvalue weighted by Crippen LogP contribution is -2.76. The van der Waals surface area contributed by atoms with Crippen molar-refractivity contribution in [2.75, 3.05) is 18.1 Å². The molecule has 6 rings (SSSR count). The van der Waals surface area contributed by atoms with Crippen molar-refractivity contribution >= 4 is 17.8 Å². The molecule has 1 unspecified atom stereocenters. The molecule has 2 bridgehead atoms. The third kappa shape index (κ3) is 2.83. The number of nitrogens with zero attached hydrogens (tertiary/aromatic N) is 3. The first-order chi connectivity index (χ1) is 13.3. The van der Waals surface area contributed by atoms with Crippen molar-refractivity contribution in [2.45, 2.75) is 62.1 Å². The van der Waals surface area contributed by atoms with Gasteiger partial charge in [-0.25, -0.2) is 4.39 Å². The van der Waals surface area contributed by atoms with Gasteiger partial charge in [-0.15, -0.1) is 0 Å². The van der Waals surface area contributed by atoms with Gasteiger partial charge in [-0.3, -0.25) is 9.80 Å². The van der Waals surface area contributed by atoms with E-state index in [1.807, 2.05) is 16.1 Å². The molecule has 0 radical (unpaired) electrons. The van der Waals surface area contributed by atoms with Crippen molar-refractivity contribution in [3.05, 3.63) is 30.1 Å². The summed E-state index contributed by atoms with van der Waals surface area (Å²) in [6, 6.07) is 6.33. The number of likely N-dealkylation sites (tertiary alicyclic amines) is 1. The molecule has 2 heterocycles. The first-order valence-corrected chi connectivity index (χ1v) is 10.2. The van der Waals surface area contributed by atoms with Gasteiger partial charge in [0.2, 0.25) is 5.91 Å². The number of amides is 1. The minimum absolute atomic E-state index is 0.0485. The quantitative estimate of drug-likeness (QED) is 0.829. The molecule has 1 aromatic rings. The van der Waals surface area contributed by atoms with Gasteiger partial charge in [0.15, 0.2) is 0 Å². The van der Waals surface area contributed by atoms with Crippen molar-refractivity contribution in [1.29, 1.82) is 0 Å². The van der Waals surface area contributed by atoms with Crippen molar-refractivity contribution in [3.8, 4) is 0 Å². The van der Waals surface area contributed by atoms with E-state index in [9.17, 15) is 14.3 Å². The van der Waals surface area contributed by atoms with Gasteiger partial charge in [0, 0.05) is 31.3 Å². The smallest absolute Gasteiger partial charge is 0.229 e. The van der Waals surface area contributed by atoms with Gasteiger partial charge in [-0.1, -0.05) is 0 Å². The summed E-state index contributed by atoms with van der Waals surface area (Å²) in [5.74, 6) is -0.0394. The van der Waals surface area contributed by atoms with Gasteiger partial charge in [0.05, 0.1) is 22.7 Å². The number of anilines is 1. The summed E-state index contributed by atoms with van der Waals surface area (Å²) in [4.78, 5) is 14.8. The second kappa shape index (κ2) is 6.00. The van der Waals surface area contributed by atoms with Gasteiger partial charge in [0.25, 0.3) is 0 Å². The number of benzene rings is 1. The van der Waals surface area contributed by atoms with Crippen molar-refractivity contribution in [1.82, 2.24) is 4.90 Å². The summed E-state index contributed by atoms with van der Waals surface area (Å²) in [6.07, 6.45) is 6.82. The van der Waals surface area contributed by atoms with Crippen LogP contribution in [0.3, 0.4) is 0 Å². The minimum atomic E-state index is -0.804. The molecule has 2 aliphatic heterocycles. The van der Waals surface area contributed by atoms with Gasteiger partial charge in [0.1, 0.15) is 5.82 Å². The highest BCUT2D eigenvalue weighted by atomic mass is 19.1. The predicted molar refractivity (Wildman–Crippen MR) is 104 cm³/mol. The zero-order chi connectivity index (χ0) is 19.6. The first-order valence-electron chi connectivity index (χ1n) is 10.2. The molecule has 4 fully saturated rings. The molecular formula is C21H27FN4O2. The number of hydrazone groups is 1. The van der Waals surface area contributed by atoms with Crippen LogP contribution in [0.15, 0.2) is 29.4 Å². The highest BCUT2D eigenvalue weighted by Gasteiger charge is 2.70. The second-order valence-corrected chi connectivity index (χ2v) is 9.40. The van der Waals surface area contributed by atoms with E-state index in [1.54, 1.807) is 12.1 Å². The molecule has 1 saturated heterocycles. The van der Waals surface area contributed by atoms with Crippen LogP contribution in [0, 0.1) is 11.2 Å². The van der Waals surface area contributed by atoms with Crippen LogP contribution in [0.4, 0.5) is 10.1 Å². The molecule has 3 saturated carbocycles. The van der Waals surface area contributed by atoms with E-state index in [0.717, 1.165) is 31.4 Å². The van der Waals surface area contributed by atoms with E-state index in [2.05, 4.69) is 5.10 Å². The fourth-order valence-corrected chi connectivity index (χ4v) is 5.69. The Labute approximate surface area is 164 Å². The predicted octanol–water partition coefficient (Wildman–Crippen LogP) is 2.02. The Balaban J connectivity index is 1.19. The van der Waals surface area contributed by atoms with E-state index >= 15 is 0 Å². The Morgan fingerprint density at radius 2 is 1.86 bits per heavy atom. The largest absolute Gasteiger partial charge is 0.390 e. The number of rotatable bonds is 4. The molecule has 5 aliphatic rings. The van der Waals surface area contributed by atoms with Crippen LogP contribution in [-0.2, 0) is 4.79 Å². The first kappa shape index (κ1) is 18.1. The molecule has 0 spiro atoms.